The average molecular weight is 1310 g/mol. The molecule has 16 nitrogen and oxygen atoms in total. The van der Waals surface area contributed by atoms with E-state index in [1.807, 2.05) is 18.7 Å². The third kappa shape index (κ3) is 16.9. The van der Waals surface area contributed by atoms with Crippen molar-refractivity contribution >= 4 is 39.7 Å². The minimum Gasteiger partial charge on any atom is -0.352 e. The quantitative estimate of drug-likeness (QED) is 0.244. The zero-order valence-corrected chi connectivity index (χ0v) is 64.4. The fourth-order valence-corrected chi connectivity index (χ4v) is 20.5. The second kappa shape index (κ2) is 30.7. The molecule has 0 spiro atoms. The zero-order valence-electron chi connectivity index (χ0n) is 62.7. The Bertz CT molecular complexity index is 2670. The Morgan fingerprint density at radius 2 is 0.791 bits per heavy atom. The van der Waals surface area contributed by atoms with Gasteiger partial charge in [-0.05, 0) is 157 Å². The Morgan fingerprint density at radius 3 is 1.26 bits per heavy atom. The first-order valence-electron chi connectivity index (χ1n) is 35.0. The third-order valence-electron chi connectivity index (χ3n) is 21.6. The van der Waals surface area contributed by atoms with Gasteiger partial charge in [0.15, 0.2) is 0 Å². The number of hydrogen-bond donors (Lipinski definition) is 0. The van der Waals surface area contributed by atoms with Crippen LogP contribution in [0.2, 0.25) is 0 Å². The van der Waals surface area contributed by atoms with Crippen molar-refractivity contribution in [1.82, 2.24) is 47.8 Å². The molecule has 7 atom stereocenters. The van der Waals surface area contributed by atoms with E-state index in [2.05, 4.69) is 223 Å². The van der Waals surface area contributed by atoms with Gasteiger partial charge in [0.2, 0.25) is 0 Å². The SMILES string of the molecule is CC(C)=C1C(=O)N2CCN(C(C)C)CC2C1(C)C.CC(C)=C1C(=O)N2CCN(C(C)C)CC2CC1(C)C.CC(C)=C1COC2CN(C(C)C)CCN2C1=O.CC(C)=C1S(=O)N2CCN(C(C)C)CC2C1(C)C.CC(C)=C1S(=O)N2CCN(C(C)C)CC2CC1(C)C. The van der Waals surface area contributed by atoms with Crippen LogP contribution in [0.4, 0.5) is 0 Å². The highest BCUT2D eigenvalue weighted by Crippen LogP contribution is 2.49. The van der Waals surface area contributed by atoms with Gasteiger partial charge in [0.25, 0.3) is 17.7 Å². The number of ether oxygens (including phenoxy) is 1. The van der Waals surface area contributed by atoms with Crippen LogP contribution >= 0.6 is 0 Å². The highest BCUT2D eigenvalue weighted by molar-refractivity contribution is 7.87. The van der Waals surface area contributed by atoms with Crippen molar-refractivity contribution in [2.24, 2.45) is 21.7 Å². The Balaban J connectivity index is 0.000000181. The molecule has 0 bridgehead atoms. The first-order valence-corrected chi connectivity index (χ1v) is 37.2. The molecule has 3 amide bonds. The lowest BCUT2D eigenvalue weighted by Gasteiger charge is -2.50. The predicted molar refractivity (Wildman–Crippen MR) is 380 cm³/mol. The molecule has 10 saturated heterocycles. The summed E-state index contributed by atoms with van der Waals surface area (Å²) in [5.74, 6) is 0.725. The molecule has 18 heteroatoms. The number of nitrogens with zero attached hydrogens (tertiary/aromatic N) is 10. The molecule has 520 valence electrons. The minimum absolute atomic E-state index is 0.0110. The third-order valence-corrected chi connectivity index (χ3v) is 26.0. The number of allylic oxidation sites excluding steroid dienone is 6. The maximum absolute atomic E-state index is 12.9. The molecule has 0 radical (unpaired) electrons. The first-order chi connectivity index (χ1) is 42.0. The number of piperidine rings is 1. The molecule has 10 aliphatic heterocycles. The topological polar surface area (TPSA) is 127 Å². The maximum Gasteiger partial charge on any atom is 0.254 e. The minimum atomic E-state index is -0.936. The number of hydrogen-bond acceptors (Lipinski definition) is 11. The van der Waals surface area contributed by atoms with Gasteiger partial charge < -0.3 is 19.4 Å². The van der Waals surface area contributed by atoms with Crippen molar-refractivity contribution < 1.29 is 27.5 Å². The molecule has 91 heavy (non-hydrogen) atoms. The summed E-state index contributed by atoms with van der Waals surface area (Å²) in [6, 6.07) is 4.37. The molecule has 0 aromatic heterocycles. The summed E-state index contributed by atoms with van der Waals surface area (Å²) in [4.78, 5) is 58.3. The fourth-order valence-electron chi connectivity index (χ4n) is 16.7. The Hall–Kier alpha value is -2.91. The number of rotatable bonds is 5. The van der Waals surface area contributed by atoms with E-state index in [9.17, 15) is 22.8 Å². The molecule has 7 unspecified atom stereocenters. The molecule has 0 N–H and O–H groups in total. The van der Waals surface area contributed by atoms with Crippen molar-refractivity contribution in [3.8, 4) is 0 Å². The van der Waals surface area contributed by atoms with Crippen LogP contribution in [-0.4, -0.2) is 239 Å². The first kappa shape index (κ1) is 77.1. The summed E-state index contributed by atoms with van der Waals surface area (Å²) in [6.07, 6.45) is 2.15. The van der Waals surface area contributed by atoms with E-state index in [1.165, 1.54) is 22.3 Å². The molecule has 0 aromatic rings. The normalized spacial score (nSPS) is 29.5. The lowest BCUT2D eigenvalue weighted by molar-refractivity contribution is -0.162. The van der Waals surface area contributed by atoms with Crippen molar-refractivity contribution in [2.75, 3.05) is 105 Å². The van der Waals surface area contributed by atoms with E-state index in [1.54, 1.807) is 0 Å². The predicted octanol–water partition coefficient (Wildman–Crippen LogP) is 11.3. The molecular formula is C73H130N10O6S2. The van der Waals surface area contributed by atoms with Crippen LogP contribution in [-0.2, 0) is 41.1 Å². The summed E-state index contributed by atoms with van der Waals surface area (Å²) in [7, 11) is -1.85. The number of carbonyl (C=O) groups excluding carboxylic acids is 3. The molecule has 10 heterocycles. The summed E-state index contributed by atoms with van der Waals surface area (Å²) >= 11 is 0. The second-order valence-corrected chi connectivity index (χ2v) is 35.6. The molecule has 0 aromatic carbocycles. The highest BCUT2D eigenvalue weighted by Gasteiger charge is 2.54. The van der Waals surface area contributed by atoms with Crippen LogP contribution in [0.1, 0.15) is 207 Å². The van der Waals surface area contributed by atoms with Crippen LogP contribution in [0.3, 0.4) is 0 Å². The number of carbonyl (C=O) groups is 3. The highest BCUT2D eigenvalue weighted by atomic mass is 32.2. The summed E-state index contributed by atoms with van der Waals surface area (Å²) in [5.41, 5.74) is 8.87. The van der Waals surface area contributed by atoms with Crippen LogP contribution in [0.5, 0.6) is 0 Å². The van der Waals surface area contributed by atoms with Crippen molar-refractivity contribution in [3.63, 3.8) is 0 Å². The molecular weight excluding hydrogens is 1180 g/mol. The van der Waals surface area contributed by atoms with Gasteiger partial charge >= 0.3 is 0 Å². The maximum atomic E-state index is 12.9. The summed E-state index contributed by atoms with van der Waals surface area (Å²) in [6.45, 7) is 75.7. The Labute approximate surface area is 560 Å². The lowest BCUT2D eigenvalue weighted by Crippen LogP contribution is -2.61. The lowest BCUT2D eigenvalue weighted by atomic mass is 9.72. The van der Waals surface area contributed by atoms with Gasteiger partial charge in [-0.1, -0.05) is 83.3 Å². The zero-order chi connectivity index (χ0) is 68.6. The van der Waals surface area contributed by atoms with E-state index in [0.29, 0.717) is 61.0 Å². The number of fused-ring (bicyclic) bond motifs is 5. The van der Waals surface area contributed by atoms with E-state index in [-0.39, 0.29) is 45.6 Å². The molecule has 0 saturated carbocycles. The molecule has 10 rings (SSSR count). The summed E-state index contributed by atoms with van der Waals surface area (Å²) in [5, 5.41) is 0. The Kier molecular flexibility index (Phi) is 26.0. The fraction of sp³-hybridized carbons (Fsp3) is 0.822. The standard InChI is InChI=1S/C16H28N2O.C15H28N2OS.C15H26N2O.C14H26N2OS.C13H22N2O2/c1-11(2)14-15(19)18-8-7-17(12(3)4)10-13(18)9-16(14,5)6;1-11(2)14-15(5,6)9-13-10-16(12(3)4)7-8-17(13)19(14)18;1-10(2)13-14(18)17-8-7-16(11(3)4)9-12(17)15(13,5)6;1-10(2)13-14(5,6)12-9-15(11(3)4)7-8-16(12)18(13)17;1-9(2)11-8-17-12-7-14(10(3)4)5-6-15(12)13(11)16/h2*12-13H,7-10H2,1-6H3;2*11-12H,7-9H2,1-6H3;10,12H,5-8H2,1-4H3. The van der Waals surface area contributed by atoms with Gasteiger partial charge in [-0.15, -0.1) is 0 Å². The van der Waals surface area contributed by atoms with E-state index < -0.39 is 22.0 Å². The number of amides is 3. The van der Waals surface area contributed by atoms with Crippen molar-refractivity contribution in [2.45, 2.75) is 267 Å². The summed E-state index contributed by atoms with van der Waals surface area (Å²) < 4.78 is 35.7. The molecule has 0 aliphatic carbocycles. The van der Waals surface area contributed by atoms with Gasteiger partial charge in [-0.3, -0.25) is 38.9 Å². The van der Waals surface area contributed by atoms with Crippen LogP contribution < -0.4 is 0 Å². The molecule has 10 aliphatic rings. The molecule has 10 fully saturated rings. The van der Waals surface area contributed by atoms with Crippen molar-refractivity contribution in [1.29, 1.82) is 0 Å². The largest absolute Gasteiger partial charge is 0.352 e. The van der Waals surface area contributed by atoms with Gasteiger partial charge in [-0.25, -0.2) is 17.0 Å². The van der Waals surface area contributed by atoms with Gasteiger partial charge in [-0.2, -0.15) is 0 Å². The van der Waals surface area contributed by atoms with E-state index in [4.69, 9.17) is 4.74 Å². The van der Waals surface area contributed by atoms with Crippen LogP contribution in [0, 0.1) is 21.7 Å². The van der Waals surface area contributed by atoms with E-state index in [0.717, 1.165) is 143 Å². The van der Waals surface area contributed by atoms with Crippen LogP contribution in [0.15, 0.2) is 54.4 Å². The van der Waals surface area contributed by atoms with Gasteiger partial charge in [0.05, 0.1) is 12.6 Å². The number of piperazine rings is 5. The average Bonchev–Trinajstić information content (AvgIpc) is 1.72. The smallest absolute Gasteiger partial charge is 0.254 e. The van der Waals surface area contributed by atoms with E-state index >= 15 is 0 Å². The van der Waals surface area contributed by atoms with Crippen molar-refractivity contribution in [3.05, 3.63) is 54.4 Å². The van der Waals surface area contributed by atoms with Crippen LogP contribution in [0.25, 0.3) is 0 Å². The second-order valence-electron chi connectivity index (χ2n) is 32.8. The Morgan fingerprint density at radius 1 is 0.396 bits per heavy atom. The monoisotopic (exact) mass is 1310 g/mol. The van der Waals surface area contributed by atoms with Gasteiger partial charge in [0, 0.05) is 189 Å². The van der Waals surface area contributed by atoms with Gasteiger partial charge in [0.1, 0.15) is 28.2 Å².